The van der Waals surface area contributed by atoms with E-state index < -0.39 is 0 Å². The molecule has 0 spiro atoms. The van der Waals surface area contributed by atoms with Crippen molar-refractivity contribution in [2.24, 2.45) is 0 Å². The maximum Gasteiger partial charge on any atom is 0.214 e. The average Bonchev–Trinajstić information content (AvgIpc) is 1.88. The van der Waals surface area contributed by atoms with Crippen LogP contribution in [0.15, 0.2) is 18.2 Å². The molecule has 0 atom stereocenters. The van der Waals surface area contributed by atoms with Crippen molar-refractivity contribution >= 4 is 5.82 Å². The lowest BCUT2D eigenvalue weighted by atomic mass is 10.5. The second-order valence-corrected chi connectivity index (χ2v) is 1.57. The van der Waals surface area contributed by atoms with Gasteiger partial charge in [0.05, 0.1) is 7.11 Å². The number of nitrogens with zero attached hydrogens (tertiary/aromatic N) is 1. The lowest BCUT2D eigenvalue weighted by Gasteiger charge is -1.95. The van der Waals surface area contributed by atoms with Crippen LogP contribution in [0.3, 0.4) is 0 Å². The fourth-order valence-corrected chi connectivity index (χ4v) is 0.529. The van der Waals surface area contributed by atoms with Gasteiger partial charge < -0.3 is 4.74 Å². The SMILES string of the molecule is COc1cccc([NH])n1. The van der Waals surface area contributed by atoms with Crippen molar-refractivity contribution in [2.75, 3.05) is 7.11 Å². The first-order valence-corrected chi connectivity index (χ1v) is 2.55. The minimum atomic E-state index is 0.231. The van der Waals surface area contributed by atoms with Crippen molar-refractivity contribution in [1.29, 1.82) is 0 Å². The van der Waals surface area contributed by atoms with Crippen LogP contribution in [0.5, 0.6) is 5.88 Å². The van der Waals surface area contributed by atoms with Gasteiger partial charge in [-0.2, -0.15) is 4.98 Å². The third-order valence-corrected chi connectivity index (χ3v) is 0.933. The Hall–Kier alpha value is -1.25. The molecule has 3 nitrogen and oxygen atoms in total. The molecule has 0 amide bonds. The summed E-state index contributed by atoms with van der Waals surface area (Å²) in [6.07, 6.45) is 0. The molecule has 0 aliphatic carbocycles. The van der Waals surface area contributed by atoms with Crippen LogP contribution in [0, 0.1) is 0 Å². The minimum Gasteiger partial charge on any atom is -0.481 e. The molecule has 47 valence electrons. The molecular weight excluding hydrogens is 116 g/mol. The molecule has 0 aliphatic rings. The van der Waals surface area contributed by atoms with Crippen LogP contribution in [0.25, 0.3) is 0 Å². The monoisotopic (exact) mass is 123 g/mol. The van der Waals surface area contributed by atoms with E-state index >= 15 is 0 Å². The summed E-state index contributed by atoms with van der Waals surface area (Å²) >= 11 is 0. The van der Waals surface area contributed by atoms with Crippen LogP contribution in [-0.4, -0.2) is 12.1 Å². The summed E-state index contributed by atoms with van der Waals surface area (Å²) in [5, 5.41) is 0. The van der Waals surface area contributed by atoms with Gasteiger partial charge in [-0.15, -0.1) is 0 Å². The Morgan fingerprint density at radius 3 is 2.78 bits per heavy atom. The molecule has 0 unspecified atom stereocenters. The van der Waals surface area contributed by atoms with Crippen LogP contribution in [0.1, 0.15) is 0 Å². The second-order valence-electron chi connectivity index (χ2n) is 1.57. The zero-order valence-corrected chi connectivity index (χ0v) is 5.09. The molecule has 0 saturated carbocycles. The van der Waals surface area contributed by atoms with E-state index in [1.165, 1.54) is 7.11 Å². The number of hydrogen-bond donors (Lipinski definition) is 0. The molecule has 1 aromatic heterocycles. The molecule has 3 heteroatoms. The van der Waals surface area contributed by atoms with Gasteiger partial charge in [-0.25, -0.2) is 0 Å². The Morgan fingerprint density at radius 2 is 2.33 bits per heavy atom. The predicted molar refractivity (Wildman–Crippen MR) is 33.5 cm³/mol. The Bertz CT molecular complexity index is 200. The van der Waals surface area contributed by atoms with Crippen molar-refractivity contribution in [3.8, 4) is 5.88 Å². The maximum absolute atomic E-state index is 7.05. The van der Waals surface area contributed by atoms with Crippen LogP contribution in [0.4, 0.5) is 5.82 Å². The van der Waals surface area contributed by atoms with Gasteiger partial charge in [0.25, 0.3) is 0 Å². The zero-order chi connectivity index (χ0) is 6.69. The van der Waals surface area contributed by atoms with Gasteiger partial charge in [-0.1, -0.05) is 6.07 Å². The van der Waals surface area contributed by atoms with Crippen molar-refractivity contribution in [2.45, 2.75) is 0 Å². The maximum atomic E-state index is 7.05. The Balaban J connectivity index is 2.94. The van der Waals surface area contributed by atoms with E-state index in [4.69, 9.17) is 10.5 Å². The minimum absolute atomic E-state index is 0.231. The summed E-state index contributed by atoms with van der Waals surface area (Å²) in [6, 6.07) is 5.04. The molecule has 1 heterocycles. The fourth-order valence-electron chi connectivity index (χ4n) is 0.529. The quantitative estimate of drug-likeness (QED) is 0.559. The molecule has 0 saturated heterocycles. The first-order valence-electron chi connectivity index (χ1n) is 2.55. The summed E-state index contributed by atoms with van der Waals surface area (Å²) in [5.41, 5.74) is 7.05. The molecule has 1 rings (SSSR count). The molecule has 9 heavy (non-hydrogen) atoms. The molecule has 0 aliphatic heterocycles. The largest absolute Gasteiger partial charge is 0.481 e. The molecular formula is C6H7N2O. The average molecular weight is 123 g/mol. The van der Waals surface area contributed by atoms with Gasteiger partial charge in [0.15, 0.2) is 0 Å². The standard InChI is InChI=1S/C6H7N2O/c1-9-6-4-2-3-5(7)8-6/h2-4,7H,1H3. The highest BCUT2D eigenvalue weighted by Crippen LogP contribution is 2.07. The Morgan fingerprint density at radius 1 is 1.56 bits per heavy atom. The van der Waals surface area contributed by atoms with Gasteiger partial charge in [-0.05, 0) is 6.07 Å². The summed E-state index contributed by atoms with van der Waals surface area (Å²) in [5.74, 6) is 0.719. The topological polar surface area (TPSA) is 45.9 Å². The van der Waals surface area contributed by atoms with Gasteiger partial charge in [0.2, 0.25) is 5.88 Å². The van der Waals surface area contributed by atoms with Gasteiger partial charge >= 0.3 is 0 Å². The summed E-state index contributed by atoms with van der Waals surface area (Å²) in [4.78, 5) is 3.74. The molecule has 1 radical (unpaired) electrons. The fraction of sp³-hybridized carbons (Fsp3) is 0.167. The van der Waals surface area contributed by atoms with Crippen LogP contribution < -0.4 is 10.5 Å². The highest BCUT2D eigenvalue weighted by Gasteiger charge is 1.89. The smallest absolute Gasteiger partial charge is 0.214 e. The number of methoxy groups -OCH3 is 1. The van der Waals surface area contributed by atoms with Crippen LogP contribution >= 0.6 is 0 Å². The third-order valence-electron chi connectivity index (χ3n) is 0.933. The highest BCUT2D eigenvalue weighted by atomic mass is 16.5. The molecule has 1 N–H and O–H groups in total. The van der Waals surface area contributed by atoms with Crippen molar-refractivity contribution in [1.82, 2.24) is 10.7 Å². The molecule has 0 aromatic carbocycles. The number of hydrogen-bond acceptors (Lipinski definition) is 2. The van der Waals surface area contributed by atoms with E-state index in [1.54, 1.807) is 18.2 Å². The number of nitrogens with one attached hydrogen (secondary N) is 1. The molecule has 0 fully saturated rings. The first-order chi connectivity index (χ1) is 4.33. The highest BCUT2D eigenvalue weighted by molar-refractivity contribution is 5.27. The summed E-state index contributed by atoms with van der Waals surface area (Å²) in [6.45, 7) is 0. The second kappa shape index (κ2) is 2.35. The predicted octanol–water partition coefficient (Wildman–Crippen LogP) is 1.00. The Kier molecular flexibility index (Phi) is 1.53. The molecule has 0 bridgehead atoms. The zero-order valence-electron chi connectivity index (χ0n) is 5.09. The van der Waals surface area contributed by atoms with E-state index in [2.05, 4.69) is 4.98 Å². The van der Waals surface area contributed by atoms with Gasteiger partial charge in [0, 0.05) is 6.07 Å². The van der Waals surface area contributed by atoms with Gasteiger partial charge in [-0.3, -0.25) is 5.73 Å². The van der Waals surface area contributed by atoms with Crippen molar-refractivity contribution in [3.05, 3.63) is 18.2 Å². The van der Waals surface area contributed by atoms with Gasteiger partial charge in [0.1, 0.15) is 5.82 Å². The number of rotatable bonds is 1. The van der Waals surface area contributed by atoms with E-state index in [-0.39, 0.29) is 5.82 Å². The van der Waals surface area contributed by atoms with E-state index in [9.17, 15) is 0 Å². The van der Waals surface area contributed by atoms with E-state index in [1.807, 2.05) is 0 Å². The van der Waals surface area contributed by atoms with E-state index in [0.717, 1.165) is 0 Å². The lowest BCUT2D eigenvalue weighted by Crippen LogP contribution is -1.86. The van der Waals surface area contributed by atoms with Crippen molar-refractivity contribution < 1.29 is 4.74 Å². The normalized spacial score (nSPS) is 9.00. The van der Waals surface area contributed by atoms with Crippen LogP contribution in [0.2, 0.25) is 0 Å². The summed E-state index contributed by atoms with van der Waals surface area (Å²) in [7, 11) is 1.53. The number of ether oxygens (including phenoxy) is 1. The first kappa shape index (κ1) is 5.88. The summed E-state index contributed by atoms with van der Waals surface area (Å²) < 4.78 is 4.76. The Labute approximate surface area is 53.5 Å². The van der Waals surface area contributed by atoms with E-state index in [0.29, 0.717) is 5.88 Å². The molecule has 1 aromatic rings. The lowest BCUT2D eigenvalue weighted by molar-refractivity contribution is 0.398. The number of pyridine rings is 1. The third kappa shape index (κ3) is 1.32. The van der Waals surface area contributed by atoms with Crippen molar-refractivity contribution in [3.63, 3.8) is 0 Å². The number of aromatic nitrogens is 1. The van der Waals surface area contributed by atoms with Crippen LogP contribution in [-0.2, 0) is 0 Å².